The summed E-state index contributed by atoms with van der Waals surface area (Å²) in [7, 11) is 0. The molecule has 0 aliphatic carbocycles. The van der Waals surface area contributed by atoms with Gasteiger partial charge in [-0.3, -0.25) is 0 Å². The van der Waals surface area contributed by atoms with Crippen molar-refractivity contribution < 1.29 is 0 Å². The van der Waals surface area contributed by atoms with Crippen molar-refractivity contribution in [1.82, 2.24) is 5.32 Å². The van der Waals surface area contributed by atoms with E-state index < -0.39 is 0 Å². The van der Waals surface area contributed by atoms with E-state index in [-0.39, 0.29) is 17.9 Å². The van der Waals surface area contributed by atoms with Crippen LogP contribution in [-0.4, -0.2) is 25.2 Å². The van der Waals surface area contributed by atoms with Crippen molar-refractivity contribution in [3.05, 3.63) is 30.3 Å². The number of benzene rings is 1. The Kier molecular flexibility index (Phi) is 4.00. The third-order valence-electron chi connectivity index (χ3n) is 2.87. The van der Waals surface area contributed by atoms with E-state index in [1.807, 2.05) is 0 Å². The number of nitrogens with one attached hydrogen (secondary N) is 1. The smallest absolute Gasteiger partial charge is 0.0470 e. The summed E-state index contributed by atoms with van der Waals surface area (Å²) < 4.78 is 0. The van der Waals surface area contributed by atoms with E-state index in [0.717, 1.165) is 19.6 Å². The molecule has 0 atom stereocenters. The van der Waals surface area contributed by atoms with Crippen LogP contribution in [0.15, 0.2) is 30.3 Å². The van der Waals surface area contributed by atoms with E-state index >= 15 is 0 Å². The molecule has 15 heavy (non-hydrogen) atoms. The van der Waals surface area contributed by atoms with Gasteiger partial charge < -0.3 is 10.2 Å². The molecule has 1 heterocycles. The first-order chi connectivity index (χ1) is 6.70. The Labute approximate surface area is 98.1 Å². The molecule has 2 nitrogen and oxygen atoms in total. The third-order valence-corrected chi connectivity index (χ3v) is 2.87. The lowest BCUT2D eigenvalue weighted by Crippen LogP contribution is -2.58. The molecular weight excluding hydrogens is 208 g/mol. The van der Waals surface area contributed by atoms with Crippen LogP contribution in [0.25, 0.3) is 0 Å². The van der Waals surface area contributed by atoms with E-state index in [1.165, 1.54) is 5.69 Å². The van der Waals surface area contributed by atoms with Crippen LogP contribution in [0, 0.1) is 0 Å². The number of hydrogen-bond acceptors (Lipinski definition) is 2. The van der Waals surface area contributed by atoms with Crippen LogP contribution >= 0.6 is 12.4 Å². The van der Waals surface area contributed by atoms with Crippen LogP contribution in [0.3, 0.4) is 0 Å². The van der Waals surface area contributed by atoms with Crippen molar-refractivity contribution in [1.29, 1.82) is 0 Å². The molecule has 0 aromatic heterocycles. The molecule has 2 rings (SSSR count). The molecule has 3 heteroatoms. The zero-order valence-electron chi connectivity index (χ0n) is 9.36. The van der Waals surface area contributed by atoms with Gasteiger partial charge in [0.25, 0.3) is 0 Å². The molecule has 1 aliphatic heterocycles. The predicted molar refractivity (Wildman–Crippen MR) is 68.0 cm³/mol. The fourth-order valence-corrected chi connectivity index (χ4v) is 2.07. The van der Waals surface area contributed by atoms with Gasteiger partial charge in [0, 0.05) is 30.9 Å². The molecule has 0 unspecified atom stereocenters. The fraction of sp³-hybridized carbons (Fsp3) is 0.500. The largest absolute Gasteiger partial charge is 0.364 e. The Morgan fingerprint density at radius 3 is 2.47 bits per heavy atom. The summed E-state index contributed by atoms with van der Waals surface area (Å²) in [4.78, 5) is 2.48. The standard InChI is InChI=1S/C12H18N2.ClH/c1-12(2)10-13-8-9-14(12)11-6-4-3-5-7-11;/h3-7,13H,8-10H2,1-2H3;1H. The molecule has 0 amide bonds. The number of rotatable bonds is 1. The first-order valence-corrected chi connectivity index (χ1v) is 5.23. The molecule has 0 saturated carbocycles. The maximum Gasteiger partial charge on any atom is 0.0470 e. The second-order valence-corrected chi connectivity index (χ2v) is 4.48. The molecule has 0 bridgehead atoms. The SMILES string of the molecule is CC1(C)CNCCN1c1ccccc1.Cl. The highest BCUT2D eigenvalue weighted by Gasteiger charge is 2.29. The number of para-hydroxylation sites is 1. The summed E-state index contributed by atoms with van der Waals surface area (Å²) in [6.07, 6.45) is 0. The van der Waals surface area contributed by atoms with Crippen molar-refractivity contribution in [3.63, 3.8) is 0 Å². The van der Waals surface area contributed by atoms with Gasteiger partial charge in [-0.15, -0.1) is 12.4 Å². The highest BCUT2D eigenvalue weighted by atomic mass is 35.5. The van der Waals surface area contributed by atoms with E-state index in [0.29, 0.717) is 0 Å². The van der Waals surface area contributed by atoms with Gasteiger partial charge in [0.2, 0.25) is 0 Å². The summed E-state index contributed by atoms with van der Waals surface area (Å²) in [5.74, 6) is 0. The summed E-state index contributed by atoms with van der Waals surface area (Å²) >= 11 is 0. The number of anilines is 1. The summed E-state index contributed by atoms with van der Waals surface area (Å²) in [6.45, 7) is 7.80. The van der Waals surface area contributed by atoms with E-state index in [4.69, 9.17) is 0 Å². The molecule has 1 saturated heterocycles. The van der Waals surface area contributed by atoms with E-state index in [9.17, 15) is 0 Å². The zero-order valence-corrected chi connectivity index (χ0v) is 10.2. The number of hydrogen-bond donors (Lipinski definition) is 1. The Bertz CT molecular complexity index is 298. The summed E-state index contributed by atoms with van der Waals surface area (Å²) in [5.41, 5.74) is 1.55. The predicted octanol–water partition coefficient (Wildman–Crippen LogP) is 2.30. The van der Waals surface area contributed by atoms with Gasteiger partial charge in [-0.05, 0) is 26.0 Å². The van der Waals surface area contributed by atoms with Crippen LogP contribution in [0.1, 0.15) is 13.8 Å². The molecular formula is C12H19ClN2. The van der Waals surface area contributed by atoms with Crippen molar-refractivity contribution in [2.75, 3.05) is 24.5 Å². The average Bonchev–Trinajstić information content (AvgIpc) is 2.18. The van der Waals surface area contributed by atoms with Gasteiger partial charge >= 0.3 is 0 Å². The minimum absolute atomic E-state index is 0. The second-order valence-electron chi connectivity index (χ2n) is 4.48. The molecule has 0 spiro atoms. The molecule has 0 radical (unpaired) electrons. The van der Waals surface area contributed by atoms with Crippen LogP contribution < -0.4 is 10.2 Å². The first kappa shape index (κ1) is 12.3. The van der Waals surface area contributed by atoms with Gasteiger partial charge in [-0.2, -0.15) is 0 Å². The second kappa shape index (κ2) is 4.86. The molecule has 1 N–H and O–H groups in total. The quantitative estimate of drug-likeness (QED) is 0.791. The van der Waals surface area contributed by atoms with Gasteiger partial charge in [-0.25, -0.2) is 0 Å². The Morgan fingerprint density at radius 1 is 1.20 bits per heavy atom. The lowest BCUT2D eigenvalue weighted by Gasteiger charge is -2.44. The highest BCUT2D eigenvalue weighted by molar-refractivity contribution is 5.85. The minimum atomic E-state index is 0. The van der Waals surface area contributed by atoms with Gasteiger partial charge in [0.15, 0.2) is 0 Å². The van der Waals surface area contributed by atoms with Crippen LogP contribution in [0.4, 0.5) is 5.69 Å². The fourth-order valence-electron chi connectivity index (χ4n) is 2.07. The van der Waals surface area contributed by atoms with Crippen LogP contribution in [-0.2, 0) is 0 Å². The summed E-state index contributed by atoms with van der Waals surface area (Å²) in [5, 5.41) is 3.43. The van der Waals surface area contributed by atoms with Crippen molar-refractivity contribution in [2.45, 2.75) is 19.4 Å². The maximum atomic E-state index is 3.43. The van der Waals surface area contributed by atoms with Gasteiger partial charge in [-0.1, -0.05) is 18.2 Å². The first-order valence-electron chi connectivity index (χ1n) is 5.23. The molecule has 1 aromatic carbocycles. The topological polar surface area (TPSA) is 15.3 Å². The van der Waals surface area contributed by atoms with Crippen molar-refractivity contribution >= 4 is 18.1 Å². The van der Waals surface area contributed by atoms with Crippen LogP contribution in [0.5, 0.6) is 0 Å². The number of piperazine rings is 1. The highest BCUT2D eigenvalue weighted by Crippen LogP contribution is 2.24. The van der Waals surface area contributed by atoms with Crippen molar-refractivity contribution in [2.24, 2.45) is 0 Å². The Balaban J connectivity index is 0.00000112. The van der Waals surface area contributed by atoms with Crippen molar-refractivity contribution in [3.8, 4) is 0 Å². The van der Waals surface area contributed by atoms with E-state index in [2.05, 4.69) is 54.4 Å². The van der Waals surface area contributed by atoms with Gasteiger partial charge in [0.1, 0.15) is 0 Å². The zero-order chi connectivity index (χ0) is 10.0. The normalized spacial score (nSPS) is 19.5. The third kappa shape index (κ3) is 2.64. The van der Waals surface area contributed by atoms with Crippen LogP contribution in [0.2, 0.25) is 0 Å². The average molecular weight is 227 g/mol. The number of nitrogens with zero attached hydrogens (tertiary/aromatic N) is 1. The molecule has 1 aromatic rings. The lowest BCUT2D eigenvalue weighted by atomic mass is 9.99. The monoisotopic (exact) mass is 226 g/mol. The molecule has 1 fully saturated rings. The number of halogens is 1. The van der Waals surface area contributed by atoms with E-state index in [1.54, 1.807) is 0 Å². The molecule has 1 aliphatic rings. The Hall–Kier alpha value is -0.730. The minimum Gasteiger partial charge on any atom is -0.364 e. The van der Waals surface area contributed by atoms with Gasteiger partial charge in [0.05, 0.1) is 0 Å². The summed E-state index contributed by atoms with van der Waals surface area (Å²) in [6, 6.07) is 10.7. The maximum absolute atomic E-state index is 3.43. The Morgan fingerprint density at radius 2 is 1.87 bits per heavy atom. The molecule has 84 valence electrons. The lowest BCUT2D eigenvalue weighted by molar-refractivity contribution is 0.380.